The molecule has 0 atom stereocenters. The Balaban J connectivity index is 1.64. The lowest BCUT2D eigenvalue weighted by molar-refractivity contribution is 0.0600. The van der Waals surface area contributed by atoms with Crippen LogP contribution in [0.1, 0.15) is 35.5 Å². The molecule has 4 rings (SSSR count). The topological polar surface area (TPSA) is 147 Å². The zero-order valence-electron chi connectivity index (χ0n) is 24.9. The number of esters is 1. The van der Waals surface area contributed by atoms with Gasteiger partial charge in [0.15, 0.2) is 0 Å². The van der Waals surface area contributed by atoms with Crippen LogP contribution in [0.15, 0.2) is 78.0 Å². The first kappa shape index (κ1) is 31.9. The van der Waals surface area contributed by atoms with E-state index in [0.717, 1.165) is 5.56 Å². The highest BCUT2D eigenvalue weighted by Crippen LogP contribution is 2.34. The molecule has 0 fully saturated rings. The number of carbonyl (C=O) groups excluding carboxylic acids is 2. The number of methoxy groups -OCH3 is 2. The predicted molar refractivity (Wildman–Crippen MR) is 161 cm³/mol. The molecule has 0 N–H and O–H groups in total. The minimum absolute atomic E-state index is 0.0246. The van der Waals surface area contributed by atoms with E-state index >= 15 is 0 Å². The van der Waals surface area contributed by atoms with Crippen LogP contribution in [-0.4, -0.2) is 56.3 Å². The number of carbonyl (C=O) groups is 2. The number of benzene rings is 2. The summed E-state index contributed by atoms with van der Waals surface area (Å²) in [4.78, 5) is 37.4. The maximum Gasteiger partial charge on any atom is 0.430 e. The van der Waals surface area contributed by atoms with Gasteiger partial charge in [-0.2, -0.15) is 0 Å². The van der Waals surface area contributed by atoms with Crippen LogP contribution in [0, 0.1) is 12.8 Å². The minimum atomic E-state index is -4.64. The molecule has 12 nitrogen and oxygen atoms in total. The number of ether oxygens (including phenoxy) is 4. The highest BCUT2D eigenvalue weighted by Gasteiger charge is 2.38. The van der Waals surface area contributed by atoms with Gasteiger partial charge in [0.25, 0.3) is 15.9 Å². The van der Waals surface area contributed by atoms with Gasteiger partial charge in [-0.05, 0) is 66.9 Å². The summed E-state index contributed by atoms with van der Waals surface area (Å²) in [5.41, 5.74) is 2.27. The number of aromatic nitrogens is 3. The fourth-order valence-electron chi connectivity index (χ4n) is 3.96. The Morgan fingerprint density at radius 3 is 2.30 bits per heavy atom. The van der Waals surface area contributed by atoms with E-state index in [2.05, 4.69) is 15.0 Å². The Hall–Kier alpha value is -5.04. The first-order valence-corrected chi connectivity index (χ1v) is 14.9. The third kappa shape index (κ3) is 7.29. The maximum atomic E-state index is 14.2. The number of nitrogens with zero attached hydrogens (tertiary/aromatic N) is 4. The molecule has 0 saturated heterocycles. The second kappa shape index (κ2) is 14.0. The van der Waals surface area contributed by atoms with Crippen LogP contribution in [0.25, 0.3) is 11.3 Å². The molecule has 0 aliphatic heterocycles. The SMILES string of the molecule is COC(=O)c1ccc(COc2ccc(-c3ncccc3S(=O)(=O)N(C(=O)OCC(C)C)c3ncc(C)nc3OC)cc2)cc1. The van der Waals surface area contributed by atoms with Gasteiger partial charge in [0.2, 0.25) is 5.82 Å². The summed E-state index contributed by atoms with van der Waals surface area (Å²) in [5, 5.41) is 0. The second-order valence-electron chi connectivity index (χ2n) is 9.94. The number of pyridine rings is 1. The van der Waals surface area contributed by atoms with Crippen molar-refractivity contribution in [1.29, 1.82) is 0 Å². The van der Waals surface area contributed by atoms with Crippen molar-refractivity contribution < 1.29 is 37.0 Å². The van der Waals surface area contributed by atoms with E-state index in [-0.39, 0.29) is 41.4 Å². The smallest absolute Gasteiger partial charge is 0.430 e. The Morgan fingerprint density at radius 1 is 0.955 bits per heavy atom. The van der Waals surface area contributed by atoms with Crippen molar-refractivity contribution in [2.45, 2.75) is 32.3 Å². The van der Waals surface area contributed by atoms with Crippen molar-refractivity contribution >= 4 is 27.9 Å². The standard InChI is InChI=1S/C31H32N4O8S/c1-20(2)18-43-31(37)35(28-29(40-4)34-21(3)17-33-28)44(38,39)26-7-6-16-32-27(26)23-12-14-25(15-13-23)42-19-22-8-10-24(11-9-22)30(36)41-5/h6-17,20H,18-19H2,1-5H3. The Labute approximate surface area is 255 Å². The molecule has 2 heterocycles. The van der Waals surface area contributed by atoms with Gasteiger partial charge in [0, 0.05) is 11.8 Å². The van der Waals surface area contributed by atoms with Crippen molar-refractivity contribution in [3.05, 3.63) is 89.9 Å². The van der Waals surface area contributed by atoms with Crippen molar-refractivity contribution in [2.75, 3.05) is 25.1 Å². The van der Waals surface area contributed by atoms with Crippen LogP contribution in [0.4, 0.5) is 10.6 Å². The number of hydrogen-bond acceptors (Lipinski definition) is 11. The van der Waals surface area contributed by atoms with Crippen LogP contribution in [0.5, 0.6) is 11.6 Å². The summed E-state index contributed by atoms with van der Waals surface area (Å²) in [5.74, 6) is -0.467. The molecular weight excluding hydrogens is 588 g/mol. The Kier molecular flexibility index (Phi) is 10.1. The molecule has 0 saturated carbocycles. The number of sulfonamides is 1. The lowest BCUT2D eigenvalue weighted by atomic mass is 10.1. The Bertz CT molecular complexity index is 1730. The molecule has 0 bridgehead atoms. The normalized spacial score (nSPS) is 11.1. The van der Waals surface area contributed by atoms with E-state index in [1.807, 2.05) is 13.8 Å². The average molecular weight is 621 g/mol. The van der Waals surface area contributed by atoms with Crippen molar-refractivity contribution in [3.63, 3.8) is 0 Å². The minimum Gasteiger partial charge on any atom is -0.489 e. The molecular formula is C31H32N4O8S. The molecule has 0 radical (unpaired) electrons. The van der Waals surface area contributed by atoms with Gasteiger partial charge >= 0.3 is 12.1 Å². The van der Waals surface area contributed by atoms with Gasteiger partial charge in [-0.3, -0.25) is 4.98 Å². The third-order valence-corrected chi connectivity index (χ3v) is 7.82. The molecule has 0 aliphatic carbocycles. The van der Waals surface area contributed by atoms with E-state index in [1.54, 1.807) is 55.5 Å². The monoisotopic (exact) mass is 620 g/mol. The van der Waals surface area contributed by atoms with Gasteiger partial charge in [0.05, 0.1) is 44.0 Å². The zero-order valence-corrected chi connectivity index (χ0v) is 25.7. The molecule has 4 aromatic rings. The molecule has 0 unspecified atom stereocenters. The number of anilines is 1. The fraction of sp³-hybridized carbons (Fsp3) is 0.258. The summed E-state index contributed by atoms with van der Waals surface area (Å²) in [6.45, 7) is 5.51. The van der Waals surface area contributed by atoms with Crippen molar-refractivity contribution in [3.8, 4) is 22.9 Å². The average Bonchev–Trinajstić information content (AvgIpc) is 3.03. The molecule has 0 spiro atoms. The lowest BCUT2D eigenvalue weighted by Crippen LogP contribution is -2.39. The summed E-state index contributed by atoms with van der Waals surface area (Å²) in [6.07, 6.45) is 1.62. The summed E-state index contributed by atoms with van der Waals surface area (Å²) in [6, 6.07) is 16.3. The van der Waals surface area contributed by atoms with Gasteiger partial charge in [-0.25, -0.2) is 28.0 Å². The highest BCUT2D eigenvalue weighted by molar-refractivity contribution is 7.93. The molecule has 0 aliphatic rings. The van der Waals surface area contributed by atoms with Crippen LogP contribution in [-0.2, 0) is 26.1 Å². The molecule has 230 valence electrons. The fourth-order valence-corrected chi connectivity index (χ4v) is 5.43. The van der Waals surface area contributed by atoms with Gasteiger partial charge in [0.1, 0.15) is 17.3 Å². The number of rotatable bonds is 11. The van der Waals surface area contributed by atoms with E-state index in [0.29, 0.717) is 26.9 Å². The van der Waals surface area contributed by atoms with Gasteiger partial charge in [-0.1, -0.05) is 26.0 Å². The zero-order chi connectivity index (χ0) is 31.9. The quantitative estimate of drug-likeness (QED) is 0.204. The maximum absolute atomic E-state index is 14.2. The first-order chi connectivity index (χ1) is 21.0. The second-order valence-corrected chi connectivity index (χ2v) is 11.7. The largest absolute Gasteiger partial charge is 0.489 e. The Morgan fingerprint density at radius 2 is 1.66 bits per heavy atom. The summed E-state index contributed by atoms with van der Waals surface area (Å²) >= 11 is 0. The van der Waals surface area contributed by atoms with E-state index < -0.39 is 22.1 Å². The molecule has 44 heavy (non-hydrogen) atoms. The summed E-state index contributed by atoms with van der Waals surface area (Å²) < 4.78 is 50.0. The first-order valence-electron chi connectivity index (χ1n) is 13.5. The molecule has 2 aromatic heterocycles. The molecule has 13 heteroatoms. The predicted octanol–water partition coefficient (Wildman–Crippen LogP) is 5.21. The lowest BCUT2D eigenvalue weighted by Gasteiger charge is -2.23. The summed E-state index contributed by atoms with van der Waals surface area (Å²) in [7, 11) is -2.02. The van der Waals surface area contributed by atoms with Crippen LogP contribution < -0.4 is 13.8 Å². The number of hydrogen-bond donors (Lipinski definition) is 0. The third-order valence-electron chi connectivity index (χ3n) is 6.13. The van der Waals surface area contributed by atoms with Crippen LogP contribution >= 0.6 is 0 Å². The van der Waals surface area contributed by atoms with Crippen LogP contribution in [0.2, 0.25) is 0 Å². The van der Waals surface area contributed by atoms with Crippen molar-refractivity contribution in [2.24, 2.45) is 5.92 Å². The number of amides is 1. The van der Waals surface area contributed by atoms with E-state index in [1.165, 1.54) is 38.7 Å². The van der Waals surface area contributed by atoms with Gasteiger partial charge < -0.3 is 18.9 Å². The van der Waals surface area contributed by atoms with Gasteiger partial charge in [-0.15, -0.1) is 4.31 Å². The van der Waals surface area contributed by atoms with Crippen LogP contribution in [0.3, 0.4) is 0 Å². The molecule has 2 aromatic carbocycles. The van der Waals surface area contributed by atoms with Crippen molar-refractivity contribution in [1.82, 2.24) is 15.0 Å². The highest BCUT2D eigenvalue weighted by atomic mass is 32.2. The van der Waals surface area contributed by atoms with E-state index in [9.17, 15) is 18.0 Å². The number of aryl methyl sites for hydroxylation is 1. The molecule has 1 amide bonds. The van der Waals surface area contributed by atoms with E-state index in [4.69, 9.17) is 18.9 Å².